The molecule has 142 valence electrons. The third-order valence-electron chi connectivity index (χ3n) is 5.92. The zero-order valence-electron chi connectivity index (χ0n) is 16.0. The molecule has 0 radical (unpaired) electrons. The minimum absolute atomic E-state index is 0.0317. The van der Waals surface area contributed by atoms with Gasteiger partial charge in [0.1, 0.15) is 5.75 Å². The minimum atomic E-state index is 0.0317. The molecule has 1 N–H and O–H groups in total. The second-order valence-corrected chi connectivity index (χ2v) is 8.00. The normalized spacial score (nSPS) is 23.5. The fourth-order valence-electron chi connectivity index (χ4n) is 4.34. The summed E-state index contributed by atoms with van der Waals surface area (Å²) < 4.78 is 0. The molecule has 5 heteroatoms. The van der Waals surface area contributed by atoms with Crippen LogP contribution in [-0.4, -0.2) is 52.9 Å². The number of aryl methyl sites for hydroxylation is 1. The van der Waals surface area contributed by atoms with Crippen molar-refractivity contribution in [3.05, 3.63) is 29.3 Å². The number of phenolic OH excluding ortho intramolecular Hbond substituents is 1. The van der Waals surface area contributed by atoms with Crippen LogP contribution in [0.3, 0.4) is 0 Å². The molecular formula is C21H30N2O3. The zero-order valence-corrected chi connectivity index (χ0v) is 16.0. The number of benzene rings is 1. The van der Waals surface area contributed by atoms with Crippen LogP contribution in [0.4, 0.5) is 0 Å². The maximum Gasteiger partial charge on any atom is 0.253 e. The van der Waals surface area contributed by atoms with Crippen molar-refractivity contribution < 1.29 is 14.7 Å². The summed E-state index contributed by atoms with van der Waals surface area (Å²) in [6.07, 6.45) is 5.68. The van der Waals surface area contributed by atoms with Crippen LogP contribution in [0.15, 0.2) is 18.2 Å². The number of carbonyl (C=O) groups is 2. The Morgan fingerprint density at radius 3 is 2.81 bits per heavy atom. The molecule has 0 aliphatic carbocycles. The van der Waals surface area contributed by atoms with Crippen LogP contribution < -0.4 is 0 Å². The Kier molecular flexibility index (Phi) is 5.54. The molecule has 3 rings (SSSR count). The molecule has 0 unspecified atom stereocenters. The molecule has 5 nitrogen and oxygen atoms in total. The highest BCUT2D eigenvalue weighted by Gasteiger charge is 2.42. The van der Waals surface area contributed by atoms with Gasteiger partial charge in [-0.15, -0.1) is 0 Å². The van der Waals surface area contributed by atoms with Crippen molar-refractivity contribution in [3.63, 3.8) is 0 Å². The number of amides is 2. The first-order chi connectivity index (χ1) is 12.4. The van der Waals surface area contributed by atoms with Gasteiger partial charge in [0.2, 0.25) is 5.91 Å². The second kappa shape index (κ2) is 7.68. The molecule has 2 amide bonds. The lowest BCUT2D eigenvalue weighted by Crippen LogP contribution is -2.55. The van der Waals surface area contributed by atoms with Crippen molar-refractivity contribution in [2.45, 2.75) is 52.4 Å². The molecule has 2 heterocycles. The summed E-state index contributed by atoms with van der Waals surface area (Å²) >= 11 is 0. The summed E-state index contributed by atoms with van der Waals surface area (Å²) in [7, 11) is 0. The van der Waals surface area contributed by atoms with E-state index in [-0.39, 0.29) is 23.0 Å². The summed E-state index contributed by atoms with van der Waals surface area (Å²) in [5, 5.41) is 9.70. The lowest BCUT2D eigenvalue weighted by molar-refractivity contribution is -0.139. The van der Waals surface area contributed by atoms with Crippen molar-refractivity contribution in [1.82, 2.24) is 9.80 Å². The molecule has 2 aliphatic heterocycles. The first-order valence-electron chi connectivity index (χ1n) is 9.81. The van der Waals surface area contributed by atoms with E-state index >= 15 is 0 Å². The fourth-order valence-corrected chi connectivity index (χ4v) is 4.34. The first-order valence-corrected chi connectivity index (χ1v) is 9.81. The van der Waals surface area contributed by atoms with E-state index in [1.165, 1.54) is 0 Å². The van der Waals surface area contributed by atoms with Gasteiger partial charge in [0.25, 0.3) is 5.91 Å². The SMILES string of the molecule is CCCCN1C[C@@]2(CCCN(C(=O)c3ccc(O)c(C)c3)C2)CCC1=O. The van der Waals surface area contributed by atoms with Crippen molar-refractivity contribution in [1.29, 1.82) is 0 Å². The average molecular weight is 358 g/mol. The Labute approximate surface area is 156 Å². The summed E-state index contributed by atoms with van der Waals surface area (Å²) in [5.74, 6) is 0.514. The molecule has 0 bridgehead atoms. The molecule has 1 aromatic rings. The number of nitrogens with zero attached hydrogens (tertiary/aromatic N) is 2. The number of unbranched alkanes of at least 4 members (excludes halogenated alkanes) is 1. The number of aromatic hydroxyl groups is 1. The molecule has 1 atom stereocenters. The van der Waals surface area contributed by atoms with Crippen LogP contribution in [0.1, 0.15) is 61.4 Å². The standard InChI is InChI=1S/C21H30N2O3/c1-3-4-11-22-14-21(10-8-19(22)25)9-5-12-23(15-21)20(26)17-6-7-18(24)16(2)13-17/h6-7,13,24H,3-5,8-12,14-15H2,1-2H3/t21-/m1/s1. The topological polar surface area (TPSA) is 60.9 Å². The number of hydrogen-bond donors (Lipinski definition) is 1. The molecule has 1 spiro atoms. The van der Waals surface area contributed by atoms with Crippen LogP contribution in [0.5, 0.6) is 5.75 Å². The van der Waals surface area contributed by atoms with Crippen LogP contribution in [0, 0.1) is 12.3 Å². The summed E-state index contributed by atoms with van der Waals surface area (Å²) in [5.41, 5.74) is 1.39. The van der Waals surface area contributed by atoms with Crippen molar-refractivity contribution >= 4 is 11.8 Å². The van der Waals surface area contributed by atoms with Gasteiger partial charge < -0.3 is 14.9 Å². The number of hydrogen-bond acceptors (Lipinski definition) is 3. The van der Waals surface area contributed by atoms with Crippen LogP contribution in [-0.2, 0) is 4.79 Å². The number of rotatable bonds is 4. The van der Waals surface area contributed by atoms with Gasteiger partial charge in [0, 0.05) is 43.6 Å². The lowest BCUT2D eigenvalue weighted by Gasteiger charge is -2.48. The van der Waals surface area contributed by atoms with Crippen molar-refractivity contribution in [2.24, 2.45) is 5.41 Å². The predicted octanol–water partition coefficient (Wildman–Crippen LogP) is 3.35. The van der Waals surface area contributed by atoms with Crippen LogP contribution >= 0.6 is 0 Å². The Morgan fingerprint density at radius 2 is 2.08 bits per heavy atom. The number of carbonyl (C=O) groups excluding carboxylic acids is 2. The van der Waals surface area contributed by atoms with Gasteiger partial charge in [-0.05, 0) is 56.4 Å². The number of piperidine rings is 2. The molecule has 2 aliphatic rings. The van der Waals surface area contributed by atoms with E-state index in [1.807, 2.05) is 16.7 Å². The Balaban J connectivity index is 1.72. The highest BCUT2D eigenvalue weighted by Crippen LogP contribution is 2.39. The summed E-state index contributed by atoms with van der Waals surface area (Å²) in [6.45, 7) is 7.06. The Bertz CT molecular complexity index is 688. The number of phenols is 1. The smallest absolute Gasteiger partial charge is 0.253 e. The fraction of sp³-hybridized carbons (Fsp3) is 0.619. The van der Waals surface area contributed by atoms with E-state index in [2.05, 4.69) is 6.92 Å². The summed E-state index contributed by atoms with van der Waals surface area (Å²) in [4.78, 5) is 29.2. The largest absolute Gasteiger partial charge is 0.508 e. The quantitative estimate of drug-likeness (QED) is 0.898. The maximum atomic E-state index is 13.0. The molecule has 2 saturated heterocycles. The Morgan fingerprint density at radius 1 is 1.27 bits per heavy atom. The maximum absolute atomic E-state index is 13.0. The van der Waals surface area contributed by atoms with E-state index in [0.29, 0.717) is 12.0 Å². The van der Waals surface area contributed by atoms with Gasteiger partial charge in [0.05, 0.1) is 0 Å². The first kappa shape index (κ1) is 18.7. The third-order valence-corrected chi connectivity index (χ3v) is 5.92. The van der Waals surface area contributed by atoms with Gasteiger partial charge in [-0.1, -0.05) is 13.3 Å². The molecule has 1 aromatic carbocycles. The van der Waals surface area contributed by atoms with Crippen LogP contribution in [0.2, 0.25) is 0 Å². The molecule has 0 saturated carbocycles. The molecular weight excluding hydrogens is 328 g/mol. The van der Waals surface area contributed by atoms with E-state index < -0.39 is 0 Å². The van der Waals surface area contributed by atoms with Crippen molar-refractivity contribution in [3.8, 4) is 5.75 Å². The van der Waals surface area contributed by atoms with E-state index in [0.717, 1.165) is 63.8 Å². The highest BCUT2D eigenvalue weighted by molar-refractivity contribution is 5.94. The van der Waals surface area contributed by atoms with Gasteiger partial charge >= 0.3 is 0 Å². The van der Waals surface area contributed by atoms with Gasteiger partial charge in [-0.3, -0.25) is 9.59 Å². The monoisotopic (exact) mass is 358 g/mol. The second-order valence-electron chi connectivity index (χ2n) is 8.00. The number of likely N-dealkylation sites (tertiary alicyclic amines) is 2. The van der Waals surface area contributed by atoms with Gasteiger partial charge in [-0.25, -0.2) is 0 Å². The Hall–Kier alpha value is -2.04. The third kappa shape index (κ3) is 3.87. The average Bonchev–Trinajstić information content (AvgIpc) is 2.64. The van der Waals surface area contributed by atoms with E-state index in [1.54, 1.807) is 18.2 Å². The predicted molar refractivity (Wildman–Crippen MR) is 101 cm³/mol. The highest BCUT2D eigenvalue weighted by atomic mass is 16.3. The van der Waals surface area contributed by atoms with Crippen LogP contribution in [0.25, 0.3) is 0 Å². The molecule has 0 aromatic heterocycles. The van der Waals surface area contributed by atoms with Crippen molar-refractivity contribution in [2.75, 3.05) is 26.2 Å². The molecule has 2 fully saturated rings. The minimum Gasteiger partial charge on any atom is -0.508 e. The summed E-state index contributed by atoms with van der Waals surface area (Å²) in [6, 6.07) is 5.05. The van der Waals surface area contributed by atoms with E-state index in [4.69, 9.17) is 0 Å². The van der Waals surface area contributed by atoms with E-state index in [9.17, 15) is 14.7 Å². The zero-order chi connectivity index (χ0) is 18.7. The lowest BCUT2D eigenvalue weighted by atomic mass is 9.73. The van der Waals surface area contributed by atoms with Gasteiger partial charge in [0.15, 0.2) is 0 Å². The molecule has 26 heavy (non-hydrogen) atoms. The van der Waals surface area contributed by atoms with Gasteiger partial charge in [-0.2, -0.15) is 0 Å².